The minimum Gasteiger partial charge on any atom is -0.495 e. The van der Waals surface area contributed by atoms with Crippen molar-refractivity contribution in [3.63, 3.8) is 0 Å². The molecular weight excluding hydrogens is 311 g/mol. The highest BCUT2D eigenvalue weighted by atomic mass is 35.5. The molecule has 0 saturated heterocycles. The molecule has 0 aliphatic heterocycles. The van der Waals surface area contributed by atoms with Crippen LogP contribution in [0.3, 0.4) is 0 Å². The van der Waals surface area contributed by atoms with Gasteiger partial charge in [-0.05, 0) is 18.1 Å². The van der Waals surface area contributed by atoms with Crippen molar-refractivity contribution >= 4 is 40.0 Å². The van der Waals surface area contributed by atoms with E-state index in [1.54, 1.807) is 7.11 Å². The van der Waals surface area contributed by atoms with Gasteiger partial charge < -0.3 is 15.0 Å². The van der Waals surface area contributed by atoms with E-state index >= 15 is 0 Å². The molecule has 1 heterocycles. The molecule has 0 saturated carbocycles. The van der Waals surface area contributed by atoms with E-state index in [0.717, 1.165) is 22.9 Å². The number of H-pyrrole nitrogens is 1. The number of fused-ring (bicyclic) bond motifs is 1. The number of ether oxygens (including phenoxy) is 1. The first-order chi connectivity index (χ1) is 9.99. The summed E-state index contributed by atoms with van der Waals surface area (Å²) in [4.78, 5) is 14.3. The first kappa shape index (κ1) is 16.0. The lowest BCUT2D eigenvalue weighted by Crippen LogP contribution is -2.25. The van der Waals surface area contributed by atoms with Gasteiger partial charge in [0.25, 0.3) is 0 Å². The van der Waals surface area contributed by atoms with Gasteiger partial charge in [-0.2, -0.15) is 0 Å². The summed E-state index contributed by atoms with van der Waals surface area (Å²) < 4.78 is 5.27. The molecule has 2 aromatic rings. The van der Waals surface area contributed by atoms with Crippen molar-refractivity contribution in [3.8, 4) is 5.75 Å². The zero-order chi connectivity index (χ0) is 15.6. The Kier molecular flexibility index (Phi) is 5.01. The number of aromatic amines is 1. The van der Waals surface area contributed by atoms with Crippen LogP contribution >= 0.6 is 23.2 Å². The molecule has 1 unspecified atom stereocenters. The number of aromatic nitrogens is 1. The van der Waals surface area contributed by atoms with E-state index < -0.39 is 0 Å². The average Bonchev–Trinajstić information content (AvgIpc) is 2.87. The van der Waals surface area contributed by atoms with Gasteiger partial charge in [0, 0.05) is 31.0 Å². The SMILES string of the molecule is CCC(CNC(C)=O)c1c[nH]c2c(Cl)c(Cl)c(OC)cc12. The molecule has 1 amide bonds. The topological polar surface area (TPSA) is 54.1 Å². The van der Waals surface area contributed by atoms with Crippen LogP contribution in [0.4, 0.5) is 0 Å². The van der Waals surface area contributed by atoms with E-state index in [-0.39, 0.29) is 11.8 Å². The Hall–Kier alpha value is -1.39. The van der Waals surface area contributed by atoms with E-state index in [2.05, 4.69) is 17.2 Å². The quantitative estimate of drug-likeness (QED) is 0.867. The maximum Gasteiger partial charge on any atom is 0.216 e. The lowest BCUT2D eigenvalue weighted by atomic mass is 9.96. The fourth-order valence-electron chi connectivity index (χ4n) is 2.43. The van der Waals surface area contributed by atoms with Crippen molar-refractivity contribution < 1.29 is 9.53 Å². The molecule has 0 aliphatic carbocycles. The Morgan fingerprint density at radius 1 is 1.43 bits per heavy atom. The van der Waals surface area contributed by atoms with Crippen molar-refractivity contribution in [1.82, 2.24) is 10.3 Å². The number of halogens is 2. The van der Waals surface area contributed by atoms with Crippen LogP contribution < -0.4 is 10.1 Å². The molecule has 0 radical (unpaired) electrons. The van der Waals surface area contributed by atoms with Crippen LogP contribution in [0.25, 0.3) is 10.9 Å². The molecule has 1 aromatic carbocycles. The largest absolute Gasteiger partial charge is 0.495 e. The standard InChI is InChI=1S/C15H18Cl2N2O2/c1-4-9(6-18-8(2)20)11-7-19-15-10(11)5-12(21-3)13(16)14(15)17/h5,7,9,19H,4,6H2,1-3H3,(H,18,20). The highest BCUT2D eigenvalue weighted by Crippen LogP contribution is 2.40. The summed E-state index contributed by atoms with van der Waals surface area (Å²) in [5.74, 6) is 0.709. The molecule has 0 fully saturated rings. The van der Waals surface area contributed by atoms with Crippen molar-refractivity contribution in [2.75, 3.05) is 13.7 Å². The van der Waals surface area contributed by atoms with Crippen molar-refractivity contribution in [2.24, 2.45) is 0 Å². The predicted molar refractivity (Wildman–Crippen MR) is 86.6 cm³/mol. The van der Waals surface area contributed by atoms with Crippen LogP contribution in [0.15, 0.2) is 12.3 Å². The van der Waals surface area contributed by atoms with E-state index in [4.69, 9.17) is 27.9 Å². The van der Waals surface area contributed by atoms with E-state index in [1.807, 2.05) is 12.3 Å². The summed E-state index contributed by atoms with van der Waals surface area (Å²) in [5, 5.41) is 4.68. The van der Waals surface area contributed by atoms with Crippen molar-refractivity contribution in [2.45, 2.75) is 26.2 Å². The molecule has 0 spiro atoms. The number of amides is 1. The minimum atomic E-state index is -0.0352. The van der Waals surface area contributed by atoms with Crippen LogP contribution in [0.5, 0.6) is 5.75 Å². The number of methoxy groups -OCH3 is 1. The number of hydrogen-bond donors (Lipinski definition) is 2. The Morgan fingerprint density at radius 3 is 2.71 bits per heavy atom. The summed E-state index contributed by atoms with van der Waals surface area (Å²) in [6.45, 7) is 4.18. The Morgan fingerprint density at radius 2 is 2.14 bits per heavy atom. The number of hydrogen-bond acceptors (Lipinski definition) is 2. The van der Waals surface area contributed by atoms with Gasteiger partial charge in [0.2, 0.25) is 5.91 Å². The second-order valence-corrected chi connectivity index (χ2v) is 5.67. The molecule has 1 aromatic heterocycles. The molecular formula is C15H18Cl2N2O2. The lowest BCUT2D eigenvalue weighted by Gasteiger charge is -2.15. The Labute approximate surface area is 133 Å². The third-order valence-electron chi connectivity index (χ3n) is 3.61. The average molecular weight is 329 g/mol. The normalized spacial score (nSPS) is 12.4. The van der Waals surface area contributed by atoms with Crippen molar-refractivity contribution in [1.29, 1.82) is 0 Å². The van der Waals surface area contributed by atoms with Gasteiger partial charge in [0.1, 0.15) is 10.8 Å². The summed E-state index contributed by atoms with van der Waals surface area (Å²) >= 11 is 12.4. The third kappa shape index (κ3) is 3.11. The summed E-state index contributed by atoms with van der Waals surface area (Å²) in [6.07, 6.45) is 2.82. The van der Waals surface area contributed by atoms with E-state index in [0.29, 0.717) is 22.3 Å². The van der Waals surface area contributed by atoms with Gasteiger partial charge in [0.15, 0.2) is 0 Å². The van der Waals surface area contributed by atoms with Gasteiger partial charge >= 0.3 is 0 Å². The monoisotopic (exact) mass is 328 g/mol. The molecule has 114 valence electrons. The number of nitrogens with one attached hydrogen (secondary N) is 2. The molecule has 21 heavy (non-hydrogen) atoms. The first-order valence-corrected chi connectivity index (χ1v) is 7.52. The van der Waals surface area contributed by atoms with E-state index in [9.17, 15) is 4.79 Å². The molecule has 1 atom stereocenters. The number of rotatable bonds is 5. The summed E-state index contributed by atoms with van der Waals surface area (Å²) in [5.41, 5.74) is 1.89. The Bertz CT molecular complexity index is 667. The zero-order valence-corrected chi connectivity index (χ0v) is 13.7. The fraction of sp³-hybridized carbons (Fsp3) is 0.400. The first-order valence-electron chi connectivity index (χ1n) is 6.76. The summed E-state index contributed by atoms with van der Waals surface area (Å²) in [6, 6.07) is 1.88. The van der Waals surface area contributed by atoms with E-state index in [1.165, 1.54) is 6.92 Å². The van der Waals surface area contributed by atoms with Gasteiger partial charge in [0.05, 0.1) is 17.6 Å². The van der Waals surface area contributed by atoms with Crippen LogP contribution in [0.1, 0.15) is 31.7 Å². The lowest BCUT2D eigenvalue weighted by molar-refractivity contribution is -0.119. The minimum absolute atomic E-state index is 0.0352. The number of carbonyl (C=O) groups excluding carboxylic acids is 1. The maximum atomic E-state index is 11.1. The van der Waals surface area contributed by atoms with Gasteiger partial charge in [-0.1, -0.05) is 30.1 Å². The molecule has 0 aliphatic rings. The van der Waals surface area contributed by atoms with Crippen LogP contribution in [0.2, 0.25) is 10.0 Å². The molecule has 2 N–H and O–H groups in total. The molecule has 0 bridgehead atoms. The van der Waals surface area contributed by atoms with Gasteiger partial charge in [-0.25, -0.2) is 0 Å². The van der Waals surface area contributed by atoms with Gasteiger partial charge in [-0.15, -0.1) is 0 Å². The van der Waals surface area contributed by atoms with Gasteiger partial charge in [-0.3, -0.25) is 4.79 Å². The van der Waals surface area contributed by atoms with Crippen LogP contribution in [-0.4, -0.2) is 24.5 Å². The molecule has 4 nitrogen and oxygen atoms in total. The van der Waals surface area contributed by atoms with Crippen molar-refractivity contribution in [3.05, 3.63) is 27.9 Å². The second kappa shape index (κ2) is 6.58. The predicted octanol–water partition coefficient (Wildman–Crippen LogP) is 4.11. The maximum absolute atomic E-state index is 11.1. The highest BCUT2D eigenvalue weighted by Gasteiger charge is 2.19. The molecule has 2 rings (SSSR count). The smallest absolute Gasteiger partial charge is 0.216 e. The zero-order valence-electron chi connectivity index (χ0n) is 12.2. The molecule has 6 heteroatoms. The third-order valence-corrected chi connectivity index (χ3v) is 4.46. The van der Waals surface area contributed by atoms with Crippen LogP contribution in [0, 0.1) is 0 Å². The number of carbonyl (C=O) groups is 1. The fourth-order valence-corrected chi connectivity index (χ4v) is 2.90. The number of benzene rings is 1. The Balaban J connectivity index is 2.49. The highest BCUT2D eigenvalue weighted by molar-refractivity contribution is 6.46. The van der Waals surface area contributed by atoms with Crippen LogP contribution in [-0.2, 0) is 4.79 Å². The summed E-state index contributed by atoms with van der Waals surface area (Å²) in [7, 11) is 1.56. The second-order valence-electron chi connectivity index (χ2n) is 4.92.